The SMILES string of the molecule is COc1ccc2c(OCC(=O)NNc3ccc(Cl)nn3)ccnc2c1.NNc1ccc(Cl)nn1. The number of carbonyl (C=O) groups excluding carboxylic acids is 1. The number of benzene rings is 1. The maximum atomic E-state index is 11.9. The molecule has 176 valence electrons. The first-order valence-electron chi connectivity index (χ1n) is 9.54. The molecule has 0 radical (unpaired) electrons. The topological polar surface area (TPSA) is 162 Å². The molecule has 4 rings (SSSR count). The molecule has 0 aliphatic carbocycles. The van der Waals surface area contributed by atoms with Gasteiger partial charge in [0.25, 0.3) is 5.91 Å². The highest BCUT2D eigenvalue weighted by atomic mass is 35.5. The van der Waals surface area contributed by atoms with Crippen LogP contribution in [-0.2, 0) is 4.79 Å². The molecule has 3 heterocycles. The van der Waals surface area contributed by atoms with Gasteiger partial charge in [-0.05, 0) is 42.5 Å². The van der Waals surface area contributed by atoms with Crippen molar-refractivity contribution in [2.45, 2.75) is 0 Å². The van der Waals surface area contributed by atoms with Crippen LogP contribution in [0.1, 0.15) is 0 Å². The Balaban J connectivity index is 0.000000302. The van der Waals surface area contributed by atoms with Crippen LogP contribution in [0.3, 0.4) is 0 Å². The number of methoxy groups -OCH3 is 1. The average Bonchev–Trinajstić information content (AvgIpc) is 2.87. The summed E-state index contributed by atoms with van der Waals surface area (Å²) in [6.45, 7) is -0.181. The van der Waals surface area contributed by atoms with E-state index in [1.165, 1.54) is 0 Å². The minimum Gasteiger partial charge on any atom is -0.497 e. The molecule has 0 saturated heterocycles. The Hall–Kier alpha value is -4.00. The number of carbonyl (C=O) groups is 1. The molecule has 0 spiro atoms. The van der Waals surface area contributed by atoms with Gasteiger partial charge < -0.3 is 14.9 Å². The number of pyridine rings is 1. The number of nitrogen functional groups attached to an aromatic ring is 1. The largest absolute Gasteiger partial charge is 0.497 e. The Morgan fingerprint density at radius 1 is 0.971 bits per heavy atom. The van der Waals surface area contributed by atoms with Crippen molar-refractivity contribution in [3.05, 3.63) is 65.0 Å². The summed E-state index contributed by atoms with van der Waals surface area (Å²) < 4.78 is 10.7. The normalized spacial score (nSPS) is 10.0. The minimum atomic E-state index is -0.379. The van der Waals surface area contributed by atoms with Crippen molar-refractivity contribution in [3.8, 4) is 11.5 Å². The third-order valence-corrected chi connectivity index (χ3v) is 4.41. The van der Waals surface area contributed by atoms with E-state index in [2.05, 4.69) is 41.7 Å². The Kier molecular flexibility index (Phi) is 8.91. The molecule has 1 amide bonds. The van der Waals surface area contributed by atoms with Gasteiger partial charge >= 0.3 is 0 Å². The number of hydrazine groups is 2. The summed E-state index contributed by atoms with van der Waals surface area (Å²) in [4.78, 5) is 16.1. The second kappa shape index (κ2) is 12.3. The molecular formula is C20H19Cl2N9O3. The van der Waals surface area contributed by atoms with Crippen molar-refractivity contribution in [1.29, 1.82) is 0 Å². The van der Waals surface area contributed by atoms with Gasteiger partial charge in [-0.2, -0.15) is 0 Å². The van der Waals surface area contributed by atoms with Gasteiger partial charge in [-0.3, -0.25) is 20.6 Å². The number of hydrogen-bond acceptors (Lipinski definition) is 11. The first kappa shape index (κ1) is 24.6. The average molecular weight is 504 g/mol. The Labute approximate surface area is 203 Å². The molecule has 0 bridgehead atoms. The lowest BCUT2D eigenvalue weighted by atomic mass is 10.2. The molecule has 0 atom stereocenters. The molecule has 0 saturated carbocycles. The molecular weight excluding hydrogens is 485 g/mol. The van der Waals surface area contributed by atoms with Gasteiger partial charge in [-0.25, -0.2) is 5.84 Å². The zero-order valence-electron chi connectivity index (χ0n) is 17.7. The van der Waals surface area contributed by atoms with E-state index >= 15 is 0 Å². The predicted octanol–water partition coefficient (Wildman–Crippen LogP) is 2.62. The number of nitrogens with one attached hydrogen (secondary N) is 3. The number of halogens is 2. The zero-order chi connectivity index (χ0) is 24.3. The number of nitrogens with two attached hydrogens (primary N) is 1. The molecule has 3 aromatic heterocycles. The van der Waals surface area contributed by atoms with E-state index in [-0.39, 0.29) is 17.7 Å². The fraction of sp³-hybridized carbons (Fsp3) is 0.100. The quantitative estimate of drug-likeness (QED) is 0.216. The van der Waals surface area contributed by atoms with Crippen molar-refractivity contribution in [2.75, 3.05) is 24.6 Å². The number of ether oxygens (including phenoxy) is 2. The molecule has 0 fully saturated rings. The molecule has 0 aliphatic rings. The van der Waals surface area contributed by atoms with E-state index in [4.69, 9.17) is 38.5 Å². The highest BCUT2D eigenvalue weighted by Gasteiger charge is 2.08. The van der Waals surface area contributed by atoms with E-state index in [0.29, 0.717) is 33.8 Å². The molecule has 14 heteroatoms. The van der Waals surface area contributed by atoms with Crippen LogP contribution < -0.4 is 31.6 Å². The highest BCUT2D eigenvalue weighted by Crippen LogP contribution is 2.26. The Morgan fingerprint density at radius 3 is 2.29 bits per heavy atom. The van der Waals surface area contributed by atoms with Gasteiger partial charge in [0.05, 0.1) is 12.6 Å². The summed E-state index contributed by atoms with van der Waals surface area (Å²) in [5, 5.41) is 15.9. The van der Waals surface area contributed by atoms with Crippen molar-refractivity contribution in [2.24, 2.45) is 5.84 Å². The summed E-state index contributed by atoms with van der Waals surface area (Å²) in [5.41, 5.74) is 8.12. The maximum absolute atomic E-state index is 11.9. The molecule has 4 aromatic rings. The highest BCUT2D eigenvalue weighted by molar-refractivity contribution is 6.29. The first-order valence-corrected chi connectivity index (χ1v) is 10.3. The van der Waals surface area contributed by atoms with E-state index in [1.807, 2.05) is 6.07 Å². The summed E-state index contributed by atoms with van der Waals surface area (Å²) in [6.07, 6.45) is 1.61. The van der Waals surface area contributed by atoms with Gasteiger partial charge in [0.1, 0.15) is 11.5 Å². The van der Waals surface area contributed by atoms with Crippen LogP contribution in [0.15, 0.2) is 54.7 Å². The number of aromatic nitrogens is 5. The lowest BCUT2D eigenvalue weighted by molar-refractivity contribution is -0.122. The summed E-state index contributed by atoms with van der Waals surface area (Å²) in [5.74, 6) is 6.73. The standard InChI is InChI=1S/C16H14ClN5O3.C4H5ClN4/c1-24-10-2-3-11-12(8-10)18-7-6-13(11)25-9-16(23)22-21-15-5-4-14(17)19-20-15;5-3-1-2-4(7-6)9-8-3/h2-8H,9H2,1H3,(H,20,21)(H,22,23);1-2H,6H2,(H,7,9). The number of fused-ring (bicyclic) bond motifs is 1. The third kappa shape index (κ3) is 7.27. The van der Waals surface area contributed by atoms with Crippen LogP contribution in [0.2, 0.25) is 10.3 Å². The molecule has 0 aliphatic heterocycles. The minimum absolute atomic E-state index is 0.181. The van der Waals surface area contributed by atoms with Crippen molar-refractivity contribution >= 4 is 51.6 Å². The molecule has 1 aromatic carbocycles. The van der Waals surface area contributed by atoms with Crippen LogP contribution in [0.25, 0.3) is 10.9 Å². The lowest BCUT2D eigenvalue weighted by Gasteiger charge is -2.10. The third-order valence-electron chi connectivity index (χ3n) is 4.01. The Morgan fingerprint density at radius 2 is 1.68 bits per heavy atom. The van der Waals surface area contributed by atoms with Crippen molar-refractivity contribution in [3.63, 3.8) is 0 Å². The van der Waals surface area contributed by atoms with Crippen LogP contribution in [-0.4, -0.2) is 45.0 Å². The van der Waals surface area contributed by atoms with Crippen LogP contribution in [0.5, 0.6) is 11.5 Å². The number of nitrogens with zero attached hydrogens (tertiary/aromatic N) is 5. The second-order valence-electron chi connectivity index (χ2n) is 6.28. The summed E-state index contributed by atoms with van der Waals surface area (Å²) >= 11 is 11.1. The second-order valence-corrected chi connectivity index (χ2v) is 7.06. The molecule has 34 heavy (non-hydrogen) atoms. The van der Waals surface area contributed by atoms with Crippen LogP contribution in [0, 0.1) is 0 Å². The van der Waals surface area contributed by atoms with Gasteiger partial charge in [0.15, 0.2) is 28.5 Å². The Bertz CT molecular complexity index is 1230. The molecule has 5 N–H and O–H groups in total. The summed E-state index contributed by atoms with van der Waals surface area (Å²) in [6, 6.07) is 13.5. The van der Waals surface area contributed by atoms with Crippen LogP contribution >= 0.6 is 23.2 Å². The smallest absolute Gasteiger partial charge is 0.276 e. The van der Waals surface area contributed by atoms with E-state index in [9.17, 15) is 4.79 Å². The van der Waals surface area contributed by atoms with Crippen LogP contribution in [0.4, 0.5) is 11.6 Å². The number of rotatable bonds is 7. The number of amides is 1. The van der Waals surface area contributed by atoms with Gasteiger partial charge in [0, 0.05) is 17.6 Å². The van der Waals surface area contributed by atoms with Gasteiger partial charge in [-0.15, -0.1) is 20.4 Å². The predicted molar refractivity (Wildman–Crippen MR) is 127 cm³/mol. The maximum Gasteiger partial charge on any atom is 0.276 e. The van der Waals surface area contributed by atoms with E-state index < -0.39 is 0 Å². The number of hydrogen-bond donors (Lipinski definition) is 4. The monoisotopic (exact) mass is 503 g/mol. The van der Waals surface area contributed by atoms with Gasteiger partial charge in [-0.1, -0.05) is 23.2 Å². The van der Waals surface area contributed by atoms with Gasteiger partial charge in [0.2, 0.25) is 0 Å². The number of anilines is 2. The summed E-state index contributed by atoms with van der Waals surface area (Å²) in [7, 11) is 1.59. The van der Waals surface area contributed by atoms with E-state index in [0.717, 1.165) is 5.39 Å². The lowest BCUT2D eigenvalue weighted by Crippen LogP contribution is -2.34. The van der Waals surface area contributed by atoms with E-state index in [1.54, 1.807) is 55.8 Å². The zero-order valence-corrected chi connectivity index (χ0v) is 19.2. The van der Waals surface area contributed by atoms with Crippen molar-refractivity contribution in [1.82, 2.24) is 30.8 Å². The fourth-order valence-electron chi connectivity index (χ4n) is 2.44. The fourth-order valence-corrected chi connectivity index (χ4v) is 2.64. The molecule has 0 unspecified atom stereocenters. The van der Waals surface area contributed by atoms with Crippen molar-refractivity contribution < 1.29 is 14.3 Å². The molecule has 12 nitrogen and oxygen atoms in total. The first-order chi connectivity index (χ1) is 16.5.